The van der Waals surface area contributed by atoms with Gasteiger partial charge in [-0.25, -0.2) is 19.2 Å². The smallest absolute Gasteiger partial charge is 0.408 e. The van der Waals surface area contributed by atoms with Crippen molar-refractivity contribution in [3.05, 3.63) is 105 Å². The number of fused-ring (bicyclic) bond motifs is 1. The number of benzene rings is 2. The molecule has 2 aromatic carbocycles. The zero-order valence-corrected chi connectivity index (χ0v) is 34.6. The average Bonchev–Trinajstić information content (AvgIpc) is 3.60. The molecule has 3 saturated heterocycles. The van der Waals surface area contributed by atoms with E-state index in [-0.39, 0.29) is 48.0 Å². The maximum absolute atomic E-state index is 15.0. The van der Waals surface area contributed by atoms with Crippen molar-refractivity contribution in [1.29, 1.82) is 0 Å². The molecular formula is C46H52FN9O6. The first-order valence-corrected chi connectivity index (χ1v) is 21.9. The van der Waals surface area contributed by atoms with E-state index < -0.39 is 23.5 Å². The summed E-state index contributed by atoms with van der Waals surface area (Å²) in [7, 11) is 0. The Morgan fingerprint density at radius 2 is 1.61 bits per heavy atom. The average molecular weight is 846 g/mol. The number of imide groups is 1. The van der Waals surface area contributed by atoms with Gasteiger partial charge in [0.05, 0.1) is 18.3 Å². The molecule has 0 radical (unpaired) electrons. The fourth-order valence-corrected chi connectivity index (χ4v) is 9.80. The molecule has 0 spiro atoms. The van der Waals surface area contributed by atoms with Gasteiger partial charge in [-0.1, -0.05) is 24.3 Å². The molecule has 9 rings (SSSR count). The van der Waals surface area contributed by atoms with Crippen molar-refractivity contribution in [3.8, 4) is 16.9 Å². The maximum atomic E-state index is 15.0. The Balaban J connectivity index is 0.686. The highest BCUT2D eigenvalue weighted by Crippen LogP contribution is 2.33. The van der Waals surface area contributed by atoms with Crippen LogP contribution in [0.5, 0.6) is 0 Å². The number of oxazole rings is 1. The number of carbonyl (C=O) groups is 3. The van der Waals surface area contributed by atoms with Gasteiger partial charge in [0.15, 0.2) is 11.4 Å². The number of aromatic nitrogens is 4. The quantitative estimate of drug-likeness (QED) is 0.157. The summed E-state index contributed by atoms with van der Waals surface area (Å²) in [5.74, 6) is -0.561. The summed E-state index contributed by atoms with van der Waals surface area (Å²) in [6, 6.07) is 17.3. The molecule has 4 aliphatic rings. The molecule has 1 aliphatic carbocycles. The lowest BCUT2D eigenvalue weighted by Gasteiger charge is -2.38. The zero-order valence-electron chi connectivity index (χ0n) is 34.6. The molecule has 1 saturated carbocycles. The predicted molar refractivity (Wildman–Crippen MR) is 230 cm³/mol. The van der Waals surface area contributed by atoms with Gasteiger partial charge in [-0.2, -0.15) is 0 Å². The first kappa shape index (κ1) is 41.4. The maximum Gasteiger partial charge on any atom is 0.420 e. The molecule has 5 aromatic rings. The zero-order chi connectivity index (χ0) is 42.7. The number of carbonyl (C=O) groups excluding carboxylic acids is 3. The van der Waals surface area contributed by atoms with E-state index in [9.17, 15) is 28.4 Å². The monoisotopic (exact) mass is 845 g/mol. The van der Waals surface area contributed by atoms with E-state index in [1.807, 2.05) is 18.2 Å². The number of nitrogens with zero attached hydrogens (tertiary/aromatic N) is 6. The molecule has 1 atom stereocenters. The van der Waals surface area contributed by atoms with Gasteiger partial charge in [-0.3, -0.25) is 38.5 Å². The fraction of sp³-hybridized carbons (Fsp3) is 0.457. The van der Waals surface area contributed by atoms with Crippen molar-refractivity contribution in [2.24, 2.45) is 5.92 Å². The Morgan fingerprint density at radius 3 is 2.39 bits per heavy atom. The number of likely N-dealkylation sites (tertiary alicyclic amines) is 2. The van der Waals surface area contributed by atoms with Crippen LogP contribution in [0.1, 0.15) is 81.7 Å². The lowest BCUT2D eigenvalue weighted by molar-refractivity contribution is -0.135. The van der Waals surface area contributed by atoms with Crippen molar-refractivity contribution in [2.75, 3.05) is 44.6 Å². The molecule has 15 nitrogen and oxygen atoms in total. The molecule has 62 heavy (non-hydrogen) atoms. The van der Waals surface area contributed by atoms with Crippen molar-refractivity contribution >= 4 is 34.8 Å². The lowest BCUT2D eigenvalue weighted by Crippen LogP contribution is -2.47. The minimum absolute atomic E-state index is 0.0680. The van der Waals surface area contributed by atoms with Crippen LogP contribution in [-0.2, 0) is 14.4 Å². The Labute approximate surface area is 357 Å². The summed E-state index contributed by atoms with van der Waals surface area (Å²) in [4.78, 5) is 75.9. The molecular weight excluding hydrogens is 794 g/mol. The van der Waals surface area contributed by atoms with E-state index >= 15 is 0 Å². The van der Waals surface area contributed by atoms with Gasteiger partial charge >= 0.3 is 5.76 Å². The topological polar surface area (TPSA) is 177 Å². The van der Waals surface area contributed by atoms with Crippen LogP contribution in [-0.4, -0.2) is 98.0 Å². The number of piperidine rings is 3. The van der Waals surface area contributed by atoms with Crippen LogP contribution in [0, 0.1) is 11.7 Å². The Bertz CT molecular complexity index is 2570. The summed E-state index contributed by atoms with van der Waals surface area (Å²) in [5, 5.41) is 8.97. The number of hydrogen-bond donors (Lipinski definition) is 3. The SMILES string of the molecule is O=C1CCC(n2c(=O)oc3cc(C4CCN(CC5CCN(CC(=O)N[C@H]6CC[C@H](Nc7ncc(F)c(-c8cccc(-n9ccccc9=O)c8)n7)CC6)CC5)CC4)ccc32)C(=O)N1. The van der Waals surface area contributed by atoms with Crippen molar-refractivity contribution in [1.82, 2.24) is 39.5 Å². The number of amides is 3. The minimum atomic E-state index is -0.753. The Hall–Kier alpha value is -6.00. The second-order valence-electron chi connectivity index (χ2n) is 17.3. The molecule has 3 amide bonds. The minimum Gasteiger partial charge on any atom is -0.408 e. The van der Waals surface area contributed by atoms with E-state index in [0.29, 0.717) is 46.7 Å². The molecule has 4 fully saturated rings. The first-order chi connectivity index (χ1) is 30.1. The van der Waals surface area contributed by atoms with Crippen LogP contribution in [0.25, 0.3) is 28.0 Å². The summed E-state index contributed by atoms with van der Waals surface area (Å²) in [5.41, 5.74) is 3.32. The molecule has 3 aromatic heterocycles. The molecule has 0 bridgehead atoms. The number of hydrogen-bond acceptors (Lipinski definition) is 11. The van der Waals surface area contributed by atoms with Crippen molar-refractivity contribution in [2.45, 2.75) is 88.3 Å². The highest BCUT2D eigenvalue weighted by Gasteiger charge is 2.32. The summed E-state index contributed by atoms with van der Waals surface area (Å²) >= 11 is 0. The largest absolute Gasteiger partial charge is 0.420 e. The Kier molecular flexibility index (Phi) is 12.1. The van der Waals surface area contributed by atoms with Crippen LogP contribution in [0.3, 0.4) is 0 Å². The highest BCUT2D eigenvalue weighted by atomic mass is 19.1. The third-order valence-electron chi connectivity index (χ3n) is 13.2. The second kappa shape index (κ2) is 18.2. The Morgan fingerprint density at radius 1 is 0.839 bits per heavy atom. The third-order valence-corrected chi connectivity index (χ3v) is 13.2. The molecule has 3 aliphatic heterocycles. The molecule has 1 unspecified atom stereocenters. The summed E-state index contributed by atoms with van der Waals surface area (Å²) in [6.45, 7) is 5.27. The number of anilines is 1. The normalized spacial score (nSPS) is 22.1. The summed E-state index contributed by atoms with van der Waals surface area (Å²) in [6.07, 6.45) is 10.8. The van der Waals surface area contributed by atoms with E-state index in [1.165, 1.54) is 21.4 Å². The van der Waals surface area contributed by atoms with E-state index in [2.05, 4.69) is 35.7 Å². The van der Waals surface area contributed by atoms with Gasteiger partial charge in [0.1, 0.15) is 11.7 Å². The molecule has 16 heteroatoms. The van der Waals surface area contributed by atoms with Crippen molar-refractivity contribution < 1.29 is 23.2 Å². The lowest BCUT2D eigenvalue weighted by atomic mass is 9.88. The third kappa shape index (κ3) is 9.26. The van der Waals surface area contributed by atoms with Gasteiger partial charge in [-0.15, -0.1) is 0 Å². The highest BCUT2D eigenvalue weighted by molar-refractivity contribution is 6.00. The van der Waals surface area contributed by atoms with Gasteiger partial charge in [-0.05, 0) is 132 Å². The van der Waals surface area contributed by atoms with Crippen LogP contribution in [0.2, 0.25) is 0 Å². The number of nitrogens with one attached hydrogen (secondary N) is 3. The van der Waals surface area contributed by atoms with Gasteiger partial charge < -0.3 is 20.0 Å². The number of rotatable bonds is 11. The van der Waals surface area contributed by atoms with Crippen LogP contribution >= 0.6 is 0 Å². The fourth-order valence-electron chi connectivity index (χ4n) is 9.80. The van der Waals surface area contributed by atoms with Crippen molar-refractivity contribution in [3.63, 3.8) is 0 Å². The summed E-state index contributed by atoms with van der Waals surface area (Å²) < 4.78 is 23.4. The first-order valence-electron chi connectivity index (χ1n) is 21.9. The van der Waals surface area contributed by atoms with E-state index in [1.54, 1.807) is 42.6 Å². The number of pyridine rings is 1. The second-order valence-corrected chi connectivity index (χ2v) is 17.3. The van der Waals surface area contributed by atoms with E-state index in [0.717, 1.165) is 89.7 Å². The van der Waals surface area contributed by atoms with Gasteiger partial charge in [0.25, 0.3) is 5.56 Å². The van der Waals surface area contributed by atoms with Gasteiger partial charge in [0, 0.05) is 48.6 Å². The molecule has 3 N–H and O–H groups in total. The predicted octanol–water partition coefficient (Wildman–Crippen LogP) is 4.75. The van der Waals surface area contributed by atoms with Crippen LogP contribution in [0.4, 0.5) is 10.3 Å². The van der Waals surface area contributed by atoms with Crippen LogP contribution < -0.4 is 27.3 Å². The van der Waals surface area contributed by atoms with Gasteiger partial charge in [0.2, 0.25) is 23.7 Å². The number of halogens is 1. The standard InChI is InChI=1S/C46H52FN9O6/c47-36-26-48-45(52-43(36)32-4-3-5-35(24-32)55-19-2-1-6-42(55)59)50-34-10-8-33(9-11-34)49-41(58)28-54-20-15-29(16-21-54)27-53-22-17-30(18-23-53)31-7-12-37-39(25-31)62-46(61)56(37)38-13-14-40(57)51-44(38)60/h1-7,12,19,24-26,29-30,33-34,38H,8-11,13-18,20-23,27-28H2,(H,49,58)(H,48,50,52)(H,51,57,60)/t33-,34-,38?. The molecule has 324 valence electrons. The van der Waals surface area contributed by atoms with E-state index in [4.69, 9.17) is 4.42 Å². The van der Waals surface area contributed by atoms with Crippen LogP contribution in [0.15, 0.2) is 87.1 Å². The molecule has 6 heterocycles.